The van der Waals surface area contributed by atoms with E-state index in [2.05, 4.69) is 28.0 Å². The number of pyridine rings is 1. The van der Waals surface area contributed by atoms with Crippen LogP contribution in [0.5, 0.6) is 6.01 Å². The normalized spacial score (nSPS) is 25.8. The van der Waals surface area contributed by atoms with E-state index >= 15 is 4.39 Å². The van der Waals surface area contributed by atoms with Gasteiger partial charge < -0.3 is 15.0 Å². The van der Waals surface area contributed by atoms with E-state index in [9.17, 15) is 8.78 Å². The molecule has 2 aromatic carbocycles. The summed E-state index contributed by atoms with van der Waals surface area (Å²) >= 11 is 0. The molecule has 4 aromatic rings. The maximum Gasteiger partial charge on any atom is 0.319 e. The van der Waals surface area contributed by atoms with E-state index in [1.54, 1.807) is 18.2 Å². The minimum atomic E-state index is -0.894. The predicted molar refractivity (Wildman–Crippen MR) is 173 cm³/mol. The van der Waals surface area contributed by atoms with E-state index in [1.807, 2.05) is 6.07 Å². The van der Waals surface area contributed by atoms with Crippen LogP contribution in [-0.2, 0) is 6.42 Å². The molecule has 1 N–H and O–H groups in total. The summed E-state index contributed by atoms with van der Waals surface area (Å²) in [5.74, 6) is 1.90. The number of nitrogens with one attached hydrogen (secondary N) is 1. The van der Waals surface area contributed by atoms with Gasteiger partial charge in [-0.1, -0.05) is 43.5 Å². The number of hydrogen-bond acceptors (Lipinski definition) is 7. The molecule has 238 valence electrons. The molecule has 0 amide bonds. The van der Waals surface area contributed by atoms with Gasteiger partial charge in [0, 0.05) is 49.1 Å². The number of rotatable bonds is 7. The molecule has 6 heterocycles. The maximum atomic E-state index is 17.1. The van der Waals surface area contributed by atoms with Gasteiger partial charge in [-0.25, -0.2) is 18.2 Å². The van der Waals surface area contributed by atoms with Gasteiger partial charge in [-0.15, -0.1) is 6.42 Å². The van der Waals surface area contributed by atoms with E-state index in [4.69, 9.17) is 26.1 Å². The van der Waals surface area contributed by atoms with Crippen molar-refractivity contribution in [2.75, 3.05) is 37.7 Å². The van der Waals surface area contributed by atoms with Gasteiger partial charge >= 0.3 is 6.01 Å². The van der Waals surface area contributed by atoms with Gasteiger partial charge in [0.1, 0.15) is 35.6 Å². The van der Waals surface area contributed by atoms with Gasteiger partial charge in [0.25, 0.3) is 0 Å². The van der Waals surface area contributed by atoms with Crippen LogP contribution in [0.25, 0.3) is 32.9 Å². The minimum Gasteiger partial charge on any atom is -0.461 e. The standard InChI is InChI=1S/C36H37F3N6O/c1-3-7-28-30-33(31(39)32(41-28)26-9-5-8-21-10-13-27(38)25(4-2)29(21)26)42-35(43-34(30)44-18-23-11-12-24(19-44)40-23)46-20-36-14-6-15-45(36)17-22(37)16-36/h2,5,8-10,13,22-24,40H,3,6-7,11-12,14-20H2,1H3/t22-,23-,24+,36+/m1/s1. The largest absolute Gasteiger partial charge is 0.461 e. The van der Waals surface area contributed by atoms with E-state index < -0.39 is 23.3 Å². The van der Waals surface area contributed by atoms with Gasteiger partial charge in [-0.2, -0.15) is 9.97 Å². The molecule has 2 bridgehead atoms. The number of benzene rings is 2. The number of halogens is 3. The highest BCUT2D eigenvalue weighted by atomic mass is 19.1. The van der Waals surface area contributed by atoms with Crippen LogP contribution in [0.1, 0.15) is 56.7 Å². The number of alkyl halides is 1. The van der Waals surface area contributed by atoms with Crippen LogP contribution in [-0.4, -0.2) is 76.4 Å². The fraction of sp³-hybridized carbons (Fsp3) is 0.472. The van der Waals surface area contributed by atoms with Crippen LogP contribution in [0.4, 0.5) is 19.0 Å². The highest BCUT2D eigenvalue weighted by molar-refractivity contribution is 6.02. The first-order valence-corrected chi connectivity index (χ1v) is 16.5. The van der Waals surface area contributed by atoms with Crippen LogP contribution < -0.4 is 15.0 Å². The highest BCUT2D eigenvalue weighted by Gasteiger charge is 2.49. The van der Waals surface area contributed by atoms with Crippen molar-refractivity contribution in [1.29, 1.82) is 0 Å². The Balaban J connectivity index is 1.32. The molecule has 0 spiro atoms. The third kappa shape index (κ3) is 4.78. The molecule has 4 aliphatic heterocycles. The zero-order valence-corrected chi connectivity index (χ0v) is 26.0. The monoisotopic (exact) mass is 626 g/mol. The molecule has 8 rings (SSSR count). The molecule has 0 unspecified atom stereocenters. The summed E-state index contributed by atoms with van der Waals surface area (Å²) in [5, 5.41) is 5.37. The van der Waals surface area contributed by atoms with Crippen molar-refractivity contribution >= 4 is 27.5 Å². The number of piperazine rings is 1. The van der Waals surface area contributed by atoms with Gasteiger partial charge in [0.05, 0.1) is 22.2 Å². The second-order valence-electron chi connectivity index (χ2n) is 13.4. The summed E-state index contributed by atoms with van der Waals surface area (Å²) in [7, 11) is 0. The predicted octanol–water partition coefficient (Wildman–Crippen LogP) is 5.95. The summed E-state index contributed by atoms with van der Waals surface area (Å²) in [5.41, 5.74) is 0.929. The second-order valence-corrected chi connectivity index (χ2v) is 13.4. The summed E-state index contributed by atoms with van der Waals surface area (Å²) in [6, 6.07) is 9.03. The van der Waals surface area contributed by atoms with Crippen molar-refractivity contribution in [2.24, 2.45) is 0 Å². The number of nitrogens with zero attached hydrogens (tertiary/aromatic N) is 5. The first-order chi connectivity index (χ1) is 22.4. The smallest absolute Gasteiger partial charge is 0.319 e. The molecule has 46 heavy (non-hydrogen) atoms. The summed E-state index contributed by atoms with van der Waals surface area (Å²) in [6.07, 6.45) is 10.6. The molecule has 4 atom stereocenters. The summed E-state index contributed by atoms with van der Waals surface area (Å²) in [6.45, 7) is 4.99. The topological polar surface area (TPSA) is 66.4 Å². The lowest BCUT2D eigenvalue weighted by molar-refractivity contribution is 0.107. The average molecular weight is 627 g/mol. The number of anilines is 1. The lowest BCUT2D eigenvalue weighted by atomic mass is 9.95. The van der Waals surface area contributed by atoms with E-state index in [1.165, 1.54) is 6.07 Å². The summed E-state index contributed by atoms with van der Waals surface area (Å²) in [4.78, 5) is 19.0. The third-order valence-corrected chi connectivity index (χ3v) is 10.4. The number of aryl methyl sites for hydroxylation is 1. The van der Waals surface area contributed by atoms with Crippen LogP contribution in [0.15, 0.2) is 30.3 Å². The Labute approximate surface area is 266 Å². The molecule has 0 radical (unpaired) electrons. The fourth-order valence-corrected chi connectivity index (χ4v) is 8.40. The number of hydrogen-bond donors (Lipinski definition) is 1. The van der Waals surface area contributed by atoms with Crippen molar-refractivity contribution in [1.82, 2.24) is 25.2 Å². The molecule has 10 heteroatoms. The number of fused-ring (bicyclic) bond motifs is 5. The highest BCUT2D eigenvalue weighted by Crippen LogP contribution is 2.42. The van der Waals surface area contributed by atoms with Crippen LogP contribution in [0, 0.1) is 24.0 Å². The number of ether oxygens (including phenoxy) is 1. The van der Waals surface area contributed by atoms with E-state index in [0.717, 1.165) is 51.7 Å². The first-order valence-electron chi connectivity index (χ1n) is 16.5. The Morgan fingerprint density at radius 1 is 1.07 bits per heavy atom. The van der Waals surface area contributed by atoms with E-state index in [0.29, 0.717) is 64.7 Å². The number of aromatic nitrogens is 3. The van der Waals surface area contributed by atoms with Gasteiger partial charge in [-0.3, -0.25) is 4.90 Å². The van der Waals surface area contributed by atoms with Crippen molar-refractivity contribution < 1.29 is 17.9 Å². The SMILES string of the molecule is C#Cc1c(F)ccc2cccc(-c3nc(CCC)c4c(N5C[C@H]6CC[C@@H](C5)N6)nc(OC[C@@]56CCCN5C[C@H](F)C6)nc4c3F)c12. The van der Waals surface area contributed by atoms with E-state index in [-0.39, 0.29) is 29.4 Å². The fourth-order valence-electron chi connectivity index (χ4n) is 8.40. The Kier molecular flexibility index (Phi) is 7.29. The molecule has 7 nitrogen and oxygen atoms in total. The lowest BCUT2D eigenvalue weighted by Gasteiger charge is -2.35. The molecule has 4 saturated heterocycles. The average Bonchev–Trinajstić information content (AvgIpc) is 3.71. The Morgan fingerprint density at radius 3 is 2.67 bits per heavy atom. The van der Waals surface area contributed by atoms with Crippen LogP contribution in [0.3, 0.4) is 0 Å². The molecular weight excluding hydrogens is 589 g/mol. The van der Waals surface area contributed by atoms with Gasteiger partial charge in [0.15, 0.2) is 5.82 Å². The molecule has 0 aliphatic carbocycles. The molecule has 4 fully saturated rings. The zero-order valence-electron chi connectivity index (χ0n) is 26.0. The summed E-state index contributed by atoms with van der Waals surface area (Å²) < 4.78 is 52.9. The first kappa shape index (κ1) is 29.5. The molecule has 0 saturated carbocycles. The Bertz CT molecular complexity index is 1880. The Morgan fingerprint density at radius 2 is 1.89 bits per heavy atom. The zero-order chi connectivity index (χ0) is 31.6. The van der Waals surface area contributed by atoms with Gasteiger partial charge in [0.2, 0.25) is 0 Å². The molecular formula is C36H37F3N6O. The van der Waals surface area contributed by atoms with Gasteiger partial charge in [-0.05, 0) is 50.1 Å². The van der Waals surface area contributed by atoms with Crippen molar-refractivity contribution in [2.45, 2.75) is 75.7 Å². The van der Waals surface area contributed by atoms with Crippen LogP contribution >= 0.6 is 0 Å². The third-order valence-electron chi connectivity index (χ3n) is 10.4. The maximum absolute atomic E-state index is 17.1. The molecule has 4 aliphatic rings. The lowest BCUT2D eigenvalue weighted by Crippen LogP contribution is -2.51. The molecule has 2 aromatic heterocycles. The van der Waals surface area contributed by atoms with Crippen molar-refractivity contribution in [3.63, 3.8) is 0 Å². The quantitative estimate of drug-likeness (QED) is 0.254. The van der Waals surface area contributed by atoms with Crippen LogP contribution in [0.2, 0.25) is 0 Å². The van der Waals surface area contributed by atoms with Crippen molar-refractivity contribution in [3.8, 4) is 29.6 Å². The number of terminal acetylenes is 1. The van der Waals surface area contributed by atoms with Crippen molar-refractivity contribution in [3.05, 3.63) is 53.2 Å². The Hall–Kier alpha value is -3.94. The second kappa shape index (κ2) is 11.4. The minimum absolute atomic E-state index is 0.0660.